The number of aromatic nitrogens is 1. The second-order valence-corrected chi connectivity index (χ2v) is 4.48. The van der Waals surface area contributed by atoms with Crippen molar-refractivity contribution < 1.29 is 9.53 Å². The van der Waals surface area contributed by atoms with Gasteiger partial charge in [0.15, 0.2) is 0 Å². The van der Waals surface area contributed by atoms with Gasteiger partial charge in [-0.2, -0.15) is 0 Å². The van der Waals surface area contributed by atoms with Gasteiger partial charge in [0.2, 0.25) is 0 Å². The summed E-state index contributed by atoms with van der Waals surface area (Å²) in [6.45, 7) is 1.40. The molecule has 1 aromatic rings. The van der Waals surface area contributed by atoms with Gasteiger partial charge in [-0.3, -0.25) is 4.79 Å². The van der Waals surface area contributed by atoms with Crippen LogP contribution >= 0.6 is 15.9 Å². The first-order valence-electron chi connectivity index (χ1n) is 5.26. The summed E-state index contributed by atoms with van der Waals surface area (Å²) in [4.78, 5) is 15.9. The molecule has 0 bridgehead atoms. The maximum absolute atomic E-state index is 11.9. The second kappa shape index (κ2) is 5.41. The minimum atomic E-state index is -0.101. The zero-order chi connectivity index (χ0) is 11.4. The molecular weight excluding hydrogens is 272 g/mol. The maximum atomic E-state index is 11.9. The van der Waals surface area contributed by atoms with Gasteiger partial charge in [0.1, 0.15) is 4.60 Å². The molecule has 1 unspecified atom stereocenters. The average Bonchev–Trinajstić information content (AvgIpc) is 2.31. The zero-order valence-corrected chi connectivity index (χ0v) is 10.4. The van der Waals surface area contributed by atoms with Crippen LogP contribution in [0.4, 0.5) is 0 Å². The highest BCUT2D eigenvalue weighted by atomic mass is 79.9. The van der Waals surface area contributed by atoms with Gasteiger partial charge in [-0.05, 0) is 40.9 Å². The number of carbonyl (C=O) groups excluding carboxylic acids is 1. The number of hydrogen-bond donors (Lipinski definition) is 1. The molecule has 0 aromatic carbocycles. The van der Waals surface area contributed by atoms with Crippen molar-refractivity contribution in [3.05, 3.63) is 28.5 Å². The van der Waals surface area contributed by atoms with E-state index in [2.05, 4.69) is 26.2 Å². The van der Waals surface area contributed by atoms with Crippen LogP contribution in [0.3, 0.4) is 0 Å². The van der Waals surface area contributed by atoms with E-state index >= 15 is 0 Å². The molecule has 4 nitrogen and oxygen atoms in total. The number of halogens is 1. The van der Waals surface area contributed by atoms with Crippen LogP contribution in [-0.2, 0) is 4.74 Å². The fourth-order valence-electron chi connectivity index (χ4n) is 1.67. The van der Waals surface area contributed by atoms with Crippen LogP contribution in [0, 0.1) is 0 Å². The monoisotopic (exact) mass is 284 g/mol. The van der Waals surface area contributed by atoms with Gasteiger partial charge in [-0.1, -0.05) is 0 Å². The largest absolute Gasteiger partial charge is 0.379 e. The van der Waals surface area contributed by atoms with E-state index in [1.54, 1.807) is 18.3 Å². The quantitative estimate of drug-likeness (QED) is 0.842. The number of rotatable bonds is 2. The Labute approximate surface area is 103 Å². The van der Waals surface area contributed by atoms with Gasteiger partial charge in [-0.15, -0.1) is 0 Å². The third-order valence-corrected chi connectivity index (χ3v) is 3.13. The van der Waals surface area contributed by atoms with E-state index in [9.17, 15) is 4.79 Å². The van der Waals surface area contributed by atoms with Crippen molar-refractivity contribution in [2.24, 2.45) is 0 Å². The van der Waals surface area contributed by atoms with Gasteiger partial charge in [0.05, 0.1) is 18.2 Å². The standard InChI is InChI=1S/C11H13BrN2O2/c12-10-9(4-1-5-13-10)11(15)14-8-3-2-6-16-7-8/h1,4-5,8H,2-3,6-7H2,(H,14,15). The normalized spacial score (nSPS) is 20.4. The van der Waals surface area contributed by atoms with E-state index in [0.717, 1.165) is 19.4 Å². The molecule has 16 heavy (non-hydrogen) atoms. The summed E-state index contributed by atoms with van der Waals surface area (Å²) < 4.78 is 5.88. The molecule has 1 aromatic heterocycles. The number of pyridine rings is 1. The fraction of sp³-hybridized carbons (Fsp3) is 0.455. The summed E-state index contributed by atoms with van der Waals surface area (Å²) in [5.41, 5.74) is 0.563. The van der Waals surface area contributed by atoms with Crippen LogP contribution in [0.5, 0.6) is 0 Å². The van der Waals surface area contributed by atoms with Gasteiger partial charge < -0.3 is 10.1 Å². The van der Waals surface area contributed by atoms with E-state index in [4.69, 9.17) is 4.74 Å². The van der Waals surface area contributed by atoms with Crippen molar-refractivity contribution in [1.29, 1.82) is 0 Å². The summed E-state index contributed by atoms with van der Waals surface area (Å²) in [7, 11) is 0. The smallest absolute Gasteiger partial charge is 0.254 e. The van der Waals surface area contributed by atoms with Gasteiger partial charge in [0, 0.05) is 12.8 Å². The molecule has 1 atom stereocenters. The van der Waals surface area contributed by atoms with E-state index in [1.807, 2.05) is 0 Å². The number of ether oxygens (including phenoxy) is 1. The van der Waals surface area contributed by atoms with E-state index in [0.29, 0.717) is 16.8 Å². The molecule has 1 aliphatic heterocycles. The first-order valence-corrected chi connectivity index (χ1v) is 6.06. The molecule has 1 saturated heterocycles. The van der Waals surface area contributed by atoms with Crippen molar-refractivity contribution in [2.75, 3.05) is 13.2 Å². The minimum absolute atomic E-state index is 0.101. The van der Waals surface area contributed by atoms with Crippen molar-refractivity contribution in [3.8, 4) is 0 Å². The van der Waals surface area contributed by atoms with Crippen molar-refractivity contribution in [3.63, 3.8) is 0 Å². The van der Waals surface area contributed by atoms with Crippen LogP contribution in [-0.4, -0.2) is 30.1 Å². The molecular formula is C11H13BrN2O2. The molecule has 0 aliphatic carbocycles. The Morgan fingerprint density at radius 1 is 1.62 bits per heavy atom. The van der Waals surface area contributed by atoms with Crippen molar-refractivity contribution in [1.82, 2.24) is 10.3 Å². The molecule has 0 spiro atoms. The molecule has 1 amide bonds. The Bertz CT molecular complexity index is 378. The summed E-state index contributed by atoms with van der Waals surface area (Å²) >= 11 is 3.26. The highest BCUT2D eigenvalue weighted by molar-refractivity contribution is 9.10. The molecule has 2 heterocycles. The maximum Gasteiger partial charge on any atom is 0.254 e. The summed E-state index contributed by atoms with van der Waals surface area (Å²) in [5, 5.41) is 2.94. The molecule has 1 N–H and O–H groups in total. The van der Waals surface area contributed by atoms with Gasteiger partial charge >= 0.3 is 0 Å². The number of amides is 1. The van der Waals surface area contributed by atoms with Crippen LogP contribution < -0.4 is 5.32 Å². The Morgan fingerprint density at radius 2 is 2.50 bits per heavy atom. The lowest BCUT2D eigenvalue weighted by Crippen LogP contribution is -2.40. The lowest BCUT2D eigenvalue weighted by molar-refractivity contribution is 0.0623. The van der Waals surface area contributed by atoms with Crippen LogP contribution in [0.2, 0.25) is 0 Å². The summed E-state index contributed by atoms with van der Waals surface area (Å²) in [6, 6.07) is 3.61. The molecule has 1 fully saturated rings. The highest BCUT2D eigenvalue weighted by Crippen LogP contribution is 2.13. The number of nitrogens with zero attached hydrogens (tertiary/aromatic N) is 1. The van der Waals surface area contributed by atoms with Gasteiger partial charge in [-0.25, -0.2) is 4.98 Å². The Balaban J connectivity index is 2.00. The first-order chi connectivity index (χ1) is 7.77. The minimum Gasteiger partial charge on any atom is -0.379 e. The number of carbonyl (C=O) groups is 1. The Morgan fingerprint density at radius 3 is 3.19 bits per heavy atom. The number of nitrogens with one attached hydrogen (secondary N) is 1. The second-order valence-electron chi connectivity index (χ2n) is 3.73. The van der Waals surface area contributed by atoms with Gasteiger partial charge in [0.25, 0.3) is 5.91 Å². The molecule has 86 valence electrons. The zero-order valence-electron chi connectivity index (χ0n) is 8.78. The number of hydrogen-bond acceptors (Lipinski definition) is 3. The fourth-order valence-corrected chi connectivity index (χ4v) is 2.10. The topological polar surface area (TPSA) is 51.2 Å². The molecule has 0 radical (unpaired) electrons. The van der Waals surface area contributed by atoms with Crippen LogP contribution in [0.25, 0.3) is 0 Å². The molecule has 0 saturated carbocycles. The van der Waals surface area contributed by atoms with E-state index in [-0.39, 0.29) is 11.9 Å². The predicted molar refractivity (Wildman–Crippen MR) is 63.2 cm³/mol. The van der Waals surface area contributed by atoms with E-state index in [1.165, 1.54) is 0 Å². The first kappa shape index (κ1) is 11.5. The lowest BCUT2D eigenvalue weighted by atomic mass is 10.1. The van der Waals surface area contributed by atoms with Crippen LogP contribution in [0.1, 0.15) is 23.2 Å². The van der Waals surface area contributed by atoms with Crippen molar-refractivity contribution in [2.45, 2.75) is 18.9 Å². The highest BCUT2D eigenvalue weighted by Gasteiger charge is 2.18. The molecule has 1 aliphatic rings. The van der Waals surface area contributed by atoms with Crippen molar-refractivity contribution >= 4 is 21.8 Å². The third-order valence-electron chi connectivity index (χ3n) is 2.50. The third kappa shape index (κ3) is 2.80. The SMILES string of the molecule is O=C(NC1CCCOC1)c1cccnc1Br. The Kier molecular flexibility index (Phi) is 3.90. The summed E-state index contributed by atoms with van der Waals surface area (Å²) in [6.07, 6.45) is 3.62. The summed E-state index contributed by atoms with van der Waals surface area (Å²) in [5.74, 6) is -0.101. The van der Waals surface area contributed by atoms with E-state index < -0.39 is 0 Å². The Hall–Kier alpha value is -0.940. The molecule has 2 rings (SSSR count). The predicted octanol–water partition coefficient (Wildman–Crippen LogP) is 1.75. The van der Waals surface area contributed by atoms with Crippen LogP contribution in [0.15, 0.2) is 22.9 Å². The molecule has 5 heteroatoms. The average molecular weight is 285 g/mol. The lowest BCUT2D eigenvalue weighted by Gasteiger charge is -2.23.